The van der Waals surface area contributed by atoms with Crippen molar-refractivity contribution in [1.82, 2.24) is 9.29 Å². The van der Waals surface area contributed by atoms with Gasteiger partial charge in [-0.2, -0.15) is 4.31 Å². The number of benzene rings is 2. The first-order valence-electron chi connectivity index (χ1n) is 9.02. The molecular formula is C19H18ClN3O4S2. The summed E-state index contributed by atoms with van der Waals surface area (Å²) in [6.45, 7) is 0.533. The van der Waals surface area contributed by atoms with Crippen LogP contribution in [0, 0.1) is 5.92 Å². The number of aromatic nitrogens is 1. The molecule has 0 radical (unpaired) electrons. The second kappa shape index (κ2) is 7.91. The summed E-state index contributed by atoms with van der Waals surface area (Å²) in [7, 11) is -3.68. The van der Waals surface area contributed by atoms with Crippen molar-refractivity contribution in [1.29, 1.82) is 0 Å². The lowest BCUT2D eigenvalue weighted by Gasteiger charge is -2.30. The highest BCUT2D eigenvalue weighted by molar-refractivity contribution is 7.89. The van der Waals surface area contributed by atoms with Gasteiger partial charge < -0.3 is 10.3 Å². The number of hydrogen-bond acceptors (Lipinski definition) is 5. The molecular weight excluding hydrogens is 434 g/mol. The van der Waals surface area contributed by atoms with E-state index in [2.05, 4.69) is 10.3 Å². The first kappa shape index (κ1) is 20.1. The van der Waals surface area contributed by atoms with Crippen LogP contribution in [0.25, 0.3) is 10.2 Å². The van der Waals surface area contributed by atoms with Crippen LogP contribution in [-0.2, 0) is 14.8 Å². The maximum absolute atomic E-state index is 13.0. The summed E-state index contributed by atoms with van der Waals surface area (Å²) in [5.41, 5.74) is 1.28. The minimum atomic E-state index is -3.68. The summed E-state index contributed by atoms with van der Waals surface area (Å²) in [6.07, 6.45) is 0.886. The molecule has 4 rings (SSSR count). The molecule has 2 N–H and O–H groups in total. The number of thiazole rings is 1. The summed E-state index contributed by atoms with van der Waals surface area (Å²) in [4.78, 5) is 26.5. The number of anilines is 1. The smallest absolute Gasteiger partial charge is 0.305 e. The minimum absolute atomic E-state index is 0.122. The number of aromatic amines is 1. The maximum atomic E-state index is 13.0. The zero-order valence-corrected chi connectivity index (χ0v) is 17.6. The number of sulfonamides is 1. The Hall–Kier alpha value is -2.20. The molecule has 10 heteroatoms. The van der Waals surface area contributed by atoms with Gasteiger partial charge >= 0.3 is 4.87 Å². The summed E-state index contributed by atoms with van der Waals surface area (Å²) in [5.74, 6) is -0.377. The Kier molecular flexibility index (Phi) is 5.48. The Morgan fingerprint density at radius 3 is 2.52 bits per heavy atom. The van der Waals surface area contributed by atoms with E-state index >= 15 is 0 Å². The number of nitrogens with one attached hydrogen (secondary N) is 2. The number of piperidine rings is 1. The Morgan fingerprint density at radius 2 is 1.83 bits per heavy atom. The molecule has 2 heterocycles. The fraction of sp³-hybridized carbons (Fsp3) is 0.263. The van der Waals surface area contributed by atoms with Gasteiger partial charge in [-0.25, -0.2) is 8.42 Å². The summed E-state index contributed by atoms with van der Waals surface area (Å²) in [6, 6.07) is 11.5. The van der Waals surface area contributed by atoms with Crippen molar-refractivity contribution in [3.8, 4) is 0 Å². The van der Waals surface area contributed by atoms with Crippen LogP contribution >= 0.6 is 22.9 Å². The maximum Gasteiger partial charge on any atom is 0.305 e. The van der Waals surface area contributed by atoms with Gasteiger partial charge in [-0.3, -0.25) is 9.59 Å². The van der Waals surface area contributed by atoms with Gasteiger partial charge in [0.2, 0.25) is 15.9 Å². The van der Waals surface area contributed by atoms with Crippen molar-refractivity contribution < 1.29 is 13.2 Å². The Morgan fingerprint density at radius 1 is 1.14 bits per heavy atom. The topological polar surface area (TPSA) is 99.3 Å². The molecule has 29 heavy (non-hydrogen) atoms. The van der Waals surface area contributed by atoms with Gasteiger partial charge in [-0.1, -0.05) is 22.9 Å². The van der Waals surface area contributed by atoms with Crippen LogP contribution in [0.4, 0.5) is 5.69 Å². The zero-order valence-electron chi connectivity index (χ0n) is 15.2. The summed E-state index contributed by atoms with van der Waals surface area (Å²) >= 11 is 6.83. The van der Waals surface area contributed by atoms with Crippen molar-refractivity contribution in [2.75, 3.05) is 18.4 Å². The average molecular weight is 452 g/mol. The third kappa shape index (κ3) is 4.23. The molecule has 152 valence electrons. The summed E-state index contributed by atoms with van der Waals surface area (Å²) < 4.78 is 27.9. The third-order valence-electron chi connectivity index (χ3n) is 4.97. The number of rotatable bonds is 4. The fourth-order valence-electron chi connectivity index (χ4n) is 3.37. The molecule has 0 saturated carbocycles. The van der Waals surface area contributed by atoms with Crippen LogP contribution in [0.2, 0.25) is 5.02 Å². The summed E-state index contributed by atoms with van der Waals surface area (Å²) in [5, 5.41) is 3.44. The van der Waals surface area contributed by atoms with Crippen LogP contribution in [-0.4, -0.2) is 36.7 Å². The highest BCUT2D eigenvalue weighted by Crippen LogP contribution is 2.27. The van der Waals surface area contributed by atoms with E-state index in [9.17, 15) is 18.0 Å². The van der Waals surface area contributed by atoms with Gasteiger partial charge in [-0.05, 0) is 55.3 Å². The van der Waals surface area contributed by atoms with Crippen LogP contribution in [0.5, 0.6) is 0 Å². The lowest BCUT2D eigenvalue weighted by Crippen LogP contribution is -2.41. The Balaban J connectivity index is 1.43. The van der Waals surface area contributed by atoms with E-state index in [1.807, 2.05) is 0 Å². The fourth-order valence-corrected chi connectivity index (χ4v) is 5.84. The molecule has 1 aromatic heterocycles. The molecule has 1 aliphatic rings. The molecule has 1 aliphatic heterocycles. The quantitative estimate of drug-likeness (QED) is 0.635. The normalized spacial score (nSPS) is 16.2. The molecule has 0 bridgehead atoms. The predicted molar refractivity (Wildman–Crippen MR) is 114 cm³/mol. The molecule has 7 nitrogen and oxygen atoms in total. The lowest BCUT2D eigenvalue weighted by atomic mass is 9.97. The van der Waals surface area contributed by atoms with Gasteiger partial charge in [0.05, 0.1) is 15.1 Å². The molecule has 3 aromatic rings. The van der Waals surface area contributed by atoms with E-state index in [0.717, 1.165) is 11.3 Å². The Bertz CT molecular complexity index is 1210. The molecule has 1 amide bonds. The number of amides is 1. The number of carbonyl (C=O) groups excluding carboxylic acids is 1. The molecule has 2 aromatic carbocycles. The molecule has 1 saturated heterocycles. The Labute approximate surface area is 176 Å². The van der Waals surface area contributed by atoms with Gasteiger partial charge in [-0.15, -0.1) is 0 Å². The third-order valence-corrected chi connectivity index (χ3v) is 7.96. The van der Waals surface area contributed by atoms with Crippen molar-refractivity contribution in [2.24, 2.45) is 5.92 Å². The molecule has 1 fully saturated rings. The van der Waals surface area contributed by atoms with Gasteiger partial charge in [0.25, 0.3) is 0 Å². The van der Waals surface area contributed by atoms with Crippen molar-refractivity contribution in [2.45, 2.75) is 17.7 Å². The zero-order chi connectivity index (χ0) is 20.6. The number of nitrogens with zero attached hydrogens (tertiary/aromatic N) is 1. The average Bonchev–Trinajstić information content (AvgIpc) is 3.09. The number of hydrogen-bond donors (Lipinski definition) is 2. The number of fused-ring (bicyclic) bond motifs is 1. The van der Waals surface area contributed by atoms with Crippen molar-refractivity contribution >= 4 is 54.8 Å². The SMILES string of the molecule is O=C(Nc1ccc(Cl)cc1)C1CCN(S(=O)(=O)c2ccc3[nH]c(=O)sc3c2)CC1. The number of H-pyrrole nitrogens is 1. The highest BCUT2D eigenvalue weighted by Gasteiger charge is 2.32. The van der Waals surface area contributed by atoms with Crippen LogP contribution in [0.1, 0.15) is 12.8 Å². The van der Waals surface area contributed by atoms with E-state index in [1.165, 1.54) is 16.4 Å². The van der Waals surface area contributed by atoms with Crippen LogP contribution in [0.15, 0.2) is 52.2 Å². The molecule has 0 spiro atoms. The van der Waals surface area contributed by atoms with E-state index in [1.54, 1.807) is 30.3 Å². The standard InChI is InChI=1S/C19H18ClN3O4S2/c20-13-1-3-14(4-2-13)21-18(24)12-7-9-23(10-8-12)29(26,27)15-5-6-16-17(11-15)28-19(25)22-16/h1-6,11-12H,7-10H2,(H,21,24)(H,22,25). The van der Waals surface area contributed by atoms with Crippen LogP contribution in [0.3, 0.4) is 0 Å². The number of carbonyl (C=O) groups is 1. The minimum Gasteiger partial charge on any atom is -0.326 e. The van der Waals surface area contributed by atoms with E-state index in [0.29, 0.717) is 33.8 Å². The van der Waals surface area contributed by atoms with Gasteiger partial charge in [0.1, 0.15) is 0 Å². The second-order valence-corrected chi connectivity index (χ2v) is 10.2. The van der Waals surface area contributed by atoms with Gasteiger partial charge in [0, 0.05) is 29.7 Å². The van der Waals surface area contributed by atoms with Gasteiger partial charge in [0.15, 0.2) is 0 Å². The lowest BCUT2D eigenvalue weighted by molar-refractivity contribution is -0.120. The van der Waals surface area contributed by atoms with E-state index < -0.39 is 10.0 Å². The van der Waals surface area contributed by atoms with Crippen LogP contribution < -0.4 is 10.2 Å². The first-order chi connectivity index (χ1) is 13.8. The van der Waals surface area contributed by atoms with E-state index in [-0.39, 0.29) is 34.7 Å². The predicted octanol–water partition coefficient (Wildman–Crippen LogP) is 3.28. The largest absolute Gasteiger partial charge is 0.326 e. The monoisotopic (exact) mass is 451 g/mol. The molecule has 0 aliphatic carbocycles. The first-order valence-corrected chi connectivity index (χ1v) is 11.7. The van der Waals surface area contributed by atoms with Crippen molar-refractivity contribution in [3.63, 3.8) is 0 Å². The number of halogens is 1. The molecule has 0 atom stereocenters. The second-order valence-electron chi connectivity index (χ2n) is 6.85. The highest BCUT2D eigenvalue weighted by atomic mass is 35.5. The molecule has 0 unspecified atom stereocenters. The van der Waals surface area contributed by atoms with E-state index in [4.69, 9.17) is 11.6 Å². The van der Waals surface area contributed by atoms with Crippen molar-refractivity contribution in [3.05, 3.63) is 57.2 Å².